The molecule has 0 unspecified atom stereocenters. The van der Waals surface area contributed by atoms with E-state index < -0.39 is 10.1 Å². The fraction of sp³-hybridized carbons (Fsp3) is 0.250. The first kappa shape index (κ1) is 16.3. The van der Waals surface area contributed by atoms with Crippen LogP contribution in [0.3, 0.4) is 0 Å². The summed E-state index contributed by atoms with van der Waals surface area (Å²) in [6.45, 7) is 1.99. The van der Waals surface area contributed by atoms with Crippen molar-refractivity contribution in [1.82, 2.24) is 15.2 Å². The fourth-order valence-electron chi connectivity index (χ4n) is 2.43. The Morgan fingerprint density at radius 1 is 1.17 bits per heavy atom. The summed E-state index contributed by atoms with van der Waals surface area (Å²) in [6, 6.07) is 11.2. The summed E-state index contributed by atoms with van der Waals surface area (Å²) in [5, 5.41) is 17.6. The number of hydrogen-bond acceptors (Lipinski definition) is 6. The Morgan fingerprint density at radius 2 is 1.96 bits per heavy atom. The van der Waals surface area contributed by atoms with Gasteiger partial charge in [0.05, 0.1) is 0 Å². The predicted molar refractivity (Wildman–Crippen MR) is 88.0 cm³/mol. The Balaban J connectivity index is 2.01. The summed E-state index contributed by atoms with van der Waals surface area (Å²) in [6.07, 6.45) is 2.08. The number of benzene rings is 2. The maximum absolute atomic E-state index is 12.7. The molecule has 0 aliphatic heterocycles. The third-order valence-electron chi connectivity index (χ3n) is 3.65. The lowest BCUT2D eigenvalue weighted by molar-refractivity contribution is 0.244. The third kappa shape index (κ3) is 3.05. The van der Waals surface area contributed by atoms with Gasteiger partial charge in [0.2, 0.25) is 0 Å². The molecule has 7 nitrogen and oxygen atoms in total. The molecule has 0 aliphatic carbocycles. The third-order valence-corrected chi connectivity index (χ3v) is 4.91. The lowest BCUT2D eigenvalue weighted by Gasteiger charge is -2.12. The minimum Gasteiger partial charge on any atom is -0.508 e. The zero-order valence-electron chi connectivity index (χ0n) is 13.1. The molecule has 8 heteroatoms. The van der Waals surface area contributed by atoms with Crippen LogP contribution in [0.15, 0.2) is 47.4 Å². The number of fused-ring (bicyclic) bond motifs is 1. The number of rotatable bonds is 6. The molecule has 24 heavy (non-hydrogen) atoms. The van der Waals surface area contributed by atoms with Crippen LogP contribution in [0.2, 0.25) is 0 Å². The highest BCUT2D eigenvalue weighted by Crippen LogP contribution is 2.27. The van der Waals surface area contributed by atoms with Crippen LogP contribution in [-0.4, -0.2) is 28.7 Å². The Kier molecular flexibility index (Phi) is 4.39. The Bertz CT molecular complexity index is 966. The molecule has 0 aliphatic rings. The predicted octanol–water partition coefficient (Wildman–Crippen LogP) is 2.30. The van der Waals surface area contributed by atoms with Crippen molar-refractivity contribution in [1.29, 1.82) is 0 Å². The molecule has 1 heterocycles. The maximum Gasteiger partial charge on any atom is 0.358 e. The SMILES string of the molecule is CCCCc1c(O)cccc1S(=O)(=O)On1nnc2ccccc21. The summed E-state index contributed by atoms with van der Waals surface area (Å²) in [4.78, 5) is 0.814. The number of phenolic OH excluding ortho intramolecular Hbond substituents is 1. The molecular weight excluding hydrogens is 330 g/mol. The average molecular weight is 347 g/mol. The molecule has 0 atom stereocenters. The van der Waals surface area contributed by atoms with Crippen LogP contribution in [0.1, 0.15) is 25.3 Å². The molecular formula is C16H17N3O4S. The number of phenols is 1. The number of aromatic hydroxyl groups is 1. The van der Waals surface area contributed by atoms with Gasteiger partial charge in [0.25, 0.3) is 0 Å². The number of hydrogen-bond donors (Lipinski definition) is 1. The van der Waals surface area contributed by atoms with Crippen molar-refractivity contribution in [2.45, 2.75) is 31.1 Å². The van der Waals surface area contributed by atoms with Gasteiger partial charge >= 0.3 is 10.1 Å². The van der Waals surface area contributed by atoms with Crippen molar-refractivity contribution in [2.24, 2.45) is 0 Å². The zero-order chi connectivity index (χ0) is 17.2. The second-order valence-electron chi connectivity index (χ2n) is 5.34. The molecule has 2 aromatic carbocycles. The number of para-hydroxylation sites is 1. The van der Waals surface area contributed by atoms with E-state index in [1.54, 1.807) is 24.3 Å². The molecule has 0 saturated carbocycles. The maximum atomic E-state index is 12.7. The van der Waals surface area contributed by atoms with Gasteiger partial charge in [-0.25, -0.2) is 0 Å². The van der Waals surface area contributed by atoms with Crippen LogP contribution in [0.25, 0.3) is 11.0 Å². The van der Waals surface area contributed by atoms with Crippen LogP contribution in [0, 0.1) is 0 Å². The van der Waals surface area contributed by atoms with Gasteiger partial charge < -0.3 is 5.11 Å². The zero-order valence-corrected chi connectivity index (χ0v) is 13.9. The molecule has 0 amide bonds. The Labute approximate surface area is 139 Å². The van der Waals surface area contributed by atoms with Crippen LogP contribution >= 0.6 is 0 Å². The first-order valence-corrected chi connectivity index (χ1v) is 9.00. The first-order valence-electron chi connectivity index (χ1n) is 7.59. The molecule has 0 bridgehead atoms. The van der Waals surface area contributed by atoms with Crippen molar-refractivity contribution in [3.8, 4) is 5.75 Å². The van der Waals surface area contributed by atoms with Gasteiger partial charge in [-0.15, -0.1) is 5.10 Å². The number of aromatic nitrogens is 3. The Hall–Kier alpha value is -2.61. The molecule has 3 rings (SSSR count). The lowest BCUT2D eigenvalue weighted by Crippen LogP contribution is -2.22. The second-order valence-corrected chi connectivity index (χ2v) is 6.83. The molecule has 0 fully saturated rings. The second kappa shape index (κ2) is 6.48. The molecule has 1 aromatic heterocycles. The standard InChI is InChI=1S/C16H17N3O4S/c1-2-3-7-12-15(20)10-6-11-16(12)24(21,22)23-19-14-9-5-4-8-13(14)17-18-19/h4-6,8-11,20H,2-3,7H2,1H3. The van der Waals surface area contributed by atoms with Gasteiger partial charge in [-0.2, -0.15) is 8.42 Å². The van der Waals surface area contributed by atoms with Gasteiger partial charge in [-0.1, -0.05) is 36.4 Å². The van der Waals surface area contributed by atoms with Crippen LogP contribution in [0.5, 0.6) is 5.75 Å². The van der Waals surface area contributed by atoms with E-state index in [2.05, 4.69) is 10.3 Å². The lowest BCUT2D eigenvalue weighted by atomic mass is 10.1. The van der Waals surface area contributed by atoms with Gasteiger partial charge in [0.15, 0.2) is 0 Å². The topological polar surface area (TPSA) is 94.3 Å². The first-order chi connectivity index (χ1) is 11.5. The minimum absolute atomic E-state index is 0.0587. The van der Waals surface area contributed by atoms with Crippen molar-refractivity contribution in [2.75, 3.05) is 0 Å². The van der Waals surface area contributed by atoms with E-state index in [1.807, 2.05) is 6.92 Å². The quantitative estimate of drug-likeness (QED) is 0.735. The van der Waals surface area contributed by atoms with Crippen molar-refractivity contribution < 1.29 is 17.8 Å². The molecule has 3 aromatic rings. The molecule has 0 spiro atoms. The van der Waals surface area contributed by atoms with Crippen LogP contribution < -0.4 is 4.28 Å². The molecule has 0 saturated heterocycles. The van der Waals surface area contributed by atoms with Crippen LogP contribution in [-0.2, 0) is 16.5 Å². The van der Waals surface area contributed by atoms with Crippen molar-refractivity contribution in [3.05, 3.63) is 48.0 Å². The molecule has 1 N–H and O–H groups in total. The van der Waals surface area contributed by atoms with Gasteiger partial charge in [0.1, 0.15) is 21.7 Å². The van der Waals surface area contributed by atoms with Gasteiger partial charge in [0, 0.05) is 5.56 Å². The van der Waals surface area contributed by atoms with E-state index >= 15 is 0 Å². The molecule has 126 valence electrons. The highest BCUT2D eigenvalue weighted by Gasteiger charge is 2.24. The monoisotopic (exact) mass is 347 g/mol. The summed E-state index contributed by atoms with van der Waals surface area (Å²) in [7, 11) is -4.16. The number of nitrogens with zero attached hydrogens (tertiary/aromatic N) is 3. The van der Waals surface area contributed by atoms with E-state index in [0.717, 1.165) is 17.7 Å². The summed E-state index contributed by atoms with van der Waals surface area (Å²) in [5.74, 6) is -0.0587. The molecule has 0 radical (unpaired) electrons. The summed E-state index contributed by atoms with van der Waals surface area (Å²) in [5.41, 5.74) is 1.31. The van der Waals surface area contributed by atoms with Gasteiger partial charge in [-0.3, -0.25) is 4.28 Å². The normalized spacial score (nSPS) is 11.7. The number of unbranched alkanes of at least 4 members (excludes halogenated alkanes) is 1. The highest BCUT2D eigenvalue weighted by molar-refractivity contribution is 7.87. The van der Waals surface area contributed by atoms with E-state index in [-0.39, 0.29) is 10.6 Å². The largest absolute Gasteiger partial charge is 0.508 e. The van der Waals surface area contributed by atoms with E-state index in [4.69, 9.17) is 4.28 Å². The smallest absolute Gasteiger partial charge is 0.358 e. The average Bonchev–Trinajstić information content (AvgIpc) is 2.96. The van der Waals surface area contributed by atoms with E-state index in [0.29, 0.717) is 23.0 Å². The van der Waals surface area contributed by atoms with Crippen LogP contribution in [0.4, 0.5) is 0 Å². The van der Waals surface area contributed by atoms with Crippen molar-refractivity contribution >= 4 is 21.2 Å². The van der Waals surface area contributed by atoms with E-state index in [9.17, 15) is 13.5 Å². The summed E-state index contributed by atoms with van der Waals surface area (Å²) < 4.78 is 30.4. The van der Waals surface area contributed by atoms with Gasteiger partial charge in [-0.05, 0) is 42.3 Å². The fourth-order valence-corrected chi connectivity index (χ4v) is 3.56. The summed E-state index contributed by atoms with van der Waals surface area (Å²) >= 11 is 0. The van der Waals surface area contributed by atoms with Crippen molar-refractivity contribution in [3.63, 3.8) is 0 Å². The Morgan fingerprint density at radius 3 is 2.75 bits per heavy atom. The van der Waals surface area contributed by atoms with E-state index in [1.165, 1.54) is 18.2 Å². The highest BCUT2D eigenvalue weighted by atomic mass is 32.2. The minimum atomic E-state index is -4.16.